The fourth-order valence-corrected chi connectivity index (χ4v) is 5.35. The highest BCUT2D eigenvalue weighted by molar-refractivity contribution is 7.10. The van der Waals surface area contributed by atoms with Gasteiger partial charge in [-0.15, -0.1) is 0 Å². The van der Waals surface area contributed by atoms with Crippen LogP contribution < -0.4 is 10.6 Å². The maximum atomic E-state index is 12.4. The van der Waals surface area contributed by atoms with E-state index in [-0.39, 0.29) is 5.69 Å². The summed E-state index contributed by atoms with van der Waals surface area (Å²) < 4.78 is 33.4. The van der Waals surface area contributed by atoms with E-state index in [9.17, 15) is 13.6 Å². The molecule has 6 rings (SSSR count). The topological polar surface area (TPSA) is 105 Å². The SMILES string of the molecule is CCn1cc(-c2cnc3c(Nc4cc(CN5CCCCC5)ns4)nc(C)cn23)cn1.O=CNc1cc(F)cc(F)c1. The first-order chi connectivity index (χ1) is 19.9. The van der Waals surface area contributed by atoms with Crippen LogP contribution in [0, 0.1) is 18.6 Å². The number of nitrogens with one attached hydrogen (secondary N) is 2. The lowest BCUT2D eigenvalue weighted by atomic mass is 10.1. The zero-order valence-corrected chi connectivity index (χ0v) is 23.7. The van der Waals surface area contributed by atoms with Gasteiger partial charge in [0.15, 0.2) is 11.5 Å². The molecule has 0 saturated carbocycles. The minimum atomic E-state index is -0.714. The first-order valence-electron chi connectivity index (χ1n) is 13.4. The number of halogens is 2. The van der Waals surface area contributed by atoms with Crippen molar-refractivity contribution < 1.29 is 13.6 Å². The van der Waals surface area contributed by atoms with Gasteiger partial charge >= 0.3 is 0 Å². The van der Waals surface area contributed by atoms with E-state index in [1.807, 2.05) is 36.4 Å². The second-order valence-corrected chi connectivity index (χ2v) is 10.5. The average molecular weight is 580 g/mol. The van der Waals surface area contributed by atoms with Crippen LogP contribution in [0.1, 0.15) is 37.6 Å². The van der Waals surface area contributed by atoms with E-state index in [1.54, 1.807) is 0 Å². The van der Waals surface area contributed by atoms with Crippen LogP contribution in [0.25, 0.3) is 16.9 Å². The van der Waals surface area contributed by atoms with Crippen molar-refractivity contribution in [3.05, 3.63) is 72.1 Å². The monoisotopic (exact) mass is 579 g/mol. The van der Waals surface area contributed by atoms with Gasteiger partial charge in [0.05, 0.1) is 29.5 Å². The van der Waals surface area contributed by atoms with Crippen LogP contribution in [-0.2, 0) is 17.9 Å². The predicted molar refractivity (Wildman–Crippen MR) is 155 cm³/mol. The Labute approximate surface area is 240 Å². The fraction of sp³-hybridized carbons (Fsp3) is 0.321. The van der Waals surface area contributed by atoms with Gasteiger partial charge in [0.2, 0.25) is 6.41 Å². The molecule has 2 N–H and O–H groups in total. The molecule has 1 fully saturated rings. The van der Waals surface area contributed by atoms with E-state index in [0.717, 1.165) is 70.4 Å². The summed E-state index contributed by atoms with van der Waals surface area (Å²) in [6.07, 6.45) is 12.1. The number of piperidine rings is 1. The zero-order chi connectivity index (χ0) is 28.8. The van der Waals surface area contributed by atoms with Gasteiger partial charge in [-0.2, -0.15) is 9.47 Å². The van der Waals surface area contributed by atoms with Gasteiger partial charge < -0.3 is 10.6 Å². The van der Waals surface area contributed by atoms with Crippen molar-refractivity contribution in [1.29, 1.82) is 0 Å². The number of fused-ring (bicyclic) bond motifs is 1. The molecule has 0 spiro atoms. The summed E-state index contributed by atoms with van der Waals surface area (Å²) in [7, 11) is 0. The number of hydrogen-bond donors (Lipinski definition) is 2. The number of carbonyl (C=O) groups excluding carboxylic acids is 1. The van der Waals surface area contributed by atoms with Crippen molar-refractivity contribution in [2.24, 2.45) is 0 Å². The Hall–Kier alpha value is -4.23. The summed E-state index contributed by atoms with van der Waals surface area (Å²) in [6, 6.07) is 4.92. The van der Waals surface area contributed by atoms with Crippen molar-refractivity contribution in [3.8, 4) is 11.3 Å². The number of amides is 1. The number of aromatic nitrogens is 6. The zero-order valence-electron chi connectivity index (χ0n) is 22.8. The van der Waals surface area contributed by atoms with E-state index < -0.39 is 11.6 Å². The fourth-order valence-electron chi connectivity index (χ4n) is 4.69. The Balaban J connectivity index is 0.000000259. The van der Waals surface area contributed by atoms with Crippen LogP contribution in [-0.4, -0.2) is 52.9 Å². The van der Waals surface area contributed by atoms with Crippen LogP contribution in [0.15, 0.2) is 49.1 Å². The summed E-state index contributed by atoms with van der Waals surface area (Å²) in [4.78, 5) is 21.7. The Morgan fingerprint density at radius 1 is 1.05 bits per heavy atom. The van der Waals surface area contributed by atoms with Crippen LogP contribution in [0.4, 0.5) is 25.3 Å². The highest BCUT2D eigenvalue weighted by Gasteiger charge is 2.16. The first-order valence-corrected chi connectivity index (χ1v) is 14.2. The summed E-state index contributed by atoms with van der Waals surface area (Å²) in [5.41, 5.74) is 4.99. The van der Waals surface area contributed by atoms with Gasteiger partial charge in [-0.3, -0.25) is 18.8 Å². The molecule has 13 heteroatoms. The van der Waals surface area contributed by atoms with Crippen molar-refractivity contribution >= 4 is 40.1 Å². The third-order valence-corrected chi connectivity index (χ3v) is 7.33. The van der Waals surface area contributed by atoms with E-state index in [4.69, 9.17) is 4.98 Å². The normalized spacial score (nSPS) is 13.6. The summed E-state index contributed by atoms with van der Waals surface area (Å²) in [5.74, 6) is -0.680. The van der Waals surface area contributed by atoms with Crippen molar-refractivity contribution in [2.75, 3.05) is 23.7 Å². The Bertz CT molecular complexity index is 1600. The van der Waals surface area contributed by atoms with Crippen LogP contribution >= 0.6 is 11.5 Å². The molecule has 4 aromatic heterocycles. The number of carbonyl (C=O) groups is 1. The van der Waals surface area contributed by atoms with Gasteiger partial charge in [-0.1, -0.05) is 6.42 Å². The Morgan fingerprint density at radius 2 is 1.83 bits per heavy atom. The molecule has 0 aliphatic carbocycles. The molecular weight excluding hydrogens is 548 g/mol. The molecule has 0 unspecified atom stereocenters. The molecule has 0 bridgehead atoms. The number of nitrogens with zero attached hydrogens (tertiary/aromatic N) is 7. The molecule has 0 radical (unpaired) electrons. The highest BCUT2D eigenvalue weighted by atomic mass is 32.1. The quantitative estimate of drug-likeness (QED) is 0.229. The minimum Gasteiger partial charge on any atom is -0.328 e. The van der Waals surface area contributed by atoms with Crippen LogP contribution in [0.3, 0.4) is 0 Å². The molecule has 10 nitrogen and oxygen atoms in total. The largest absolute Gasteiger partial charge is 0.328 e. The number of likely N-dealkylation sites (tertiary alicyclic amines) is 1. The van der Waals surface area contributed by atoms with E-state index in [2.05, 4.69) is 47.4 Å². The first kappa shape index (κ1) is 28.3. The number of hydrogen-bond acceptors (Lipinski definition) is 8. The molecule has 5 heterocycles. The van der Waals surface area contributed by atoms with Crippen molar-refractivity contribution in [3.63, 3.8) is 0 Å². The highest BCUT2D eigenvalue weighted by Crippen LogP contribution is 2.28. The summed E-state index contributed by atoms with van der Waals surface area (Å²) in [5, 5.41) is 11.0. The number of imidazole rings is 1. The number of anilines is 3. The lowest BCUT2D eigenvalue weighted by Gasteiger charge is -2.25. The van der Waals surface area contributed by atoms with Crippen LogP contribution in [0.2, 0.25) is 0 Å². The lowest BCUT2D eigenvalue weighted by Crippen LogP contribution is -2.29. The molecule has 5 aromatic rings. The Kier molecular flexibility index (Phi) is 8.95. The minimum absolute atomic E-state index is 0.109. The van der Waals surface area contributed by atoms with E-state index in [1.165, 1.54) is 43.9 Å². The molecule has 1 saturated heterocycles. The van der Waals surface area contributed by atoms with Gasteiger partial charge in [0.1, 0.15) is 16.6 Å². The van der Waals surface area contributed by atoms with Crippen molar-refractivity contribution in [2.45, 2.75) is 46.2 Å². The molecule has 1 amide bonds. The molecule has 41 heavy (non-hydrogen) atoms. The van der Waals surface area contributed by atoms with E-state index in [0.29, 0.717) is 6.41 Å². The number of aryl methyl sites for hydroxylation is 2. The van der Waals surface area contributed by atoms with Gasteiger partial charge in [0, 0.05) is 42.8 Å². The van der Waals surface area contributed by atoms with Gasteiger partial charge in [-0.05, 0) is 69.5 Å². The van der Waals surface area contributed by atoms with E-state index >= 15 is 0 Å². The third-order valence-electron chi connectivity index (χ3n) is 6.59. The summed E-state index contributed by atoms with van der Waals surface area (Å²) >= 11 is 1.48. The molecule has 1 aromatic carbocycles. The second-order valence-electron chi connectivity index (χ2n) is 9.72. The second kappa shape index (κ2) is 13.0. The maximum Gasteiger partial charge on any atom is 0.211 e. The standard InChI is InChI=1S/C21H26N8S.C7H5F2NO/c1-3-28-13-16(10-23-28)18-11-22-21-20(24-15(2)12-29(18)21)25-19-9-17(26-30-19)14-27-7-5-4-6-8-27;8-5-1-6(9)3-7(2-5)10-4-11/h9-13H,3-8,14H2,1-2H3,(H,24,25);1-4H,(H,10,11). The van der Waals surface area contributed by atoms with Gasteiger partial charge in [0.25, 0.3) is 0 Å². The van der Waals surface area contributed by atoms with Crippen LogP contribution in [0.5, 0.6) is 0 Å². The molecule has 214 valence electrons. The smallest absolute Gasteiger partial charge is 0.211 e. The third kappa shape index (κ3) is 7.11. The number of benzene rings is 1. The molecule has 1 aliphatic heterocycles. The van der Waals surface area contributed by atoms with Gasteiger partial charge in [-0.25, -0.2) is 18.7 Å². The van der Waals surface area contributed by atoms with Crippen molar-refractivity contribution in [1.82, 2.24) is 33.4 Å². The number of rotatable bonds is 8. The Morgan fingerprint density at radius 3 is 2.54 bits per heavy atom. The molecule has 0 atom stereocenters. The predicted octanol–water partition coefficient (Wildman–Crippen LogP) is 5.64. The average Bonchev–Trinajstić information content (AvgIpc) is 3.69. The summed E-state index contributed by atoms with van der Waals surface area (Å²) in [6.45, 7) is 8.19. The molecular formula is C28H31F2N9OS. The maximum absolute atomic E-state index is 12.4. The molecule has 1 aliphatic rings. The lowest BCUT2D eigenvalue weighted by molar-refractivity contribution is -0.105.